The zero-order chi connectivity index (χ0) is 21.5. The molecule has 31 heavy (non-hydrogen) atoms. The number of nitrogens with two attached hydrogens (primary N) is 1. The number of nitrogens with zero attached hydrogens (tertiary/aromatic N) is 6. The molecule has 2 aromatic carbocycles. The van der Waals surface area contributed by atoms with Crippen molar-refractivity contribution in [3.63, 3.8) is 0 Å². The summed E-state index contributed by atoms with van der Waals surface area (Å²) in [6.07, 6.45) is 0. The van der Waals surface area contributed by atoms with Gasteiger partial charge in [-0.25, -0.2) is 14.4 Å². The van der Waals surface area contributed by atoms with Crippen molar-refractivity contribution >= 4 is 28.2 Å². The fourth-order valence-corrected chi connectivity index (χ4v) is 4.20. The van der Waals surface area contributed by atoms with Crippen molar-refractivity contribution in [2.45, 2.75) is 19.5 Å². The molecule has 0 aliphatic carbocycles. The van der Waals surface area contributed by atoms with Crippen molar-refractivity contribution < 1.29 is 9.13 Å². The van der Waals surface area contributed by atoms with E-state index in [9.17, 15) is 4.39 Å². The number of aromatic nitrogens is 4. The quantitative estimate of drug-likeness (QED) is 0.542. The first-order valence-electron chi connectivity index (χ1n) is 10.3. The molecule has 1 aliphatic heterocycles. The summed E-state index contributed by atoms with van der Waals surface area (Å²) in [6.45, 7) is 5.36. The Labute approximate surface area is 179 Å². The van der Waals surface area contributed by atoms with E-state index in [-0.39, 0.29) is 17.8 Å². The van der Waals surface area contributed by atoms with Gasteiger partial charge in [-0.3, -0.25) is 4.90 Å². The van der Waals surface area contributed by atoms with Gasteiger partial charge in [-0.15, -0.1) is 5.10 Å². The first kappa shape index (κ1) is 19.5. The van der Waals surface area contributed by atoms with Gasteiger partial charge in [-0.2, -0.15) is 4.52 Å². The molecule has 2 N–H and O–H groups in total. The third kappa shape index (κ3) is 3.50. The number of hydrogen-bond acceptors (Lipinski definition) is 7. The maximum absolute atomic E-state index is 13.2. The number of methoxy groups -OCH3 is 1. The van der Waals surface area contributed by atoms with E-state index in [4.69, 9.17) is 15.5 Å². The Kier molecular flexibility index (Phi) is 4.82. The minimum absolute atomic E-state index is 0.215. The van der Waals surface area contributed by atoms with E-state index in [1.807, 2.05) is 30.3 Å². The third-order valence-corrected chi connectivity index (χ3v) is 5.86. The number of rotatable bonds is 4. The van der Waals surface area contributed by atoms with Gasteiger partial charge in [0.25, 0.3) is 0 Å². The molecule has 2 aromatic heterocycles. The predicted octanol–water partition coefficient (Wildman–Crippen LogP) is 2.72. The molecule has 0 saturated carbocycles. The van der Waals surface area contributed by atoms with Gasteiger partial charge in [0.2, 0.25) is 5.95 Å². The molecule has 9 heteroatoms. The summed E-state index contributed by atoms with van der Waals surface area (Å²) in [7, 11) is 1.61. The SMILES string of the molecule is COc1cccc2c1nc(N)n1nc(CN3CCN(c4ccc(F)cc4)C[C@H]3C)nc21. The molecule has 160 valence electrons. The molecule has 0 amide bonds. The molecule has 0 unspecified atom stereocenters. The Bertz CT molecular complexity index is 1240. The molecule has 0 radical (unpaired) electrons. The molecular weight excluding hydrogens is 397 g/mol. The Morgan fingerprint density at radius 2 is 1.94 bits per heavy atom. The fourth-order valence-electron chi connectivity index (χ4n) is 4.20. The molecule has 0 spiro atoms. The lowest BCUT2D eigenvalue weighted by Crippen LogP contribution is -2.51. The van der Waals surface area contributed by atoms with Crippen LogP contribution in [0.25, 0.3) is 16.6 Å². The minimum Gasteiger partial charge on any atom is -0.494 e. The normalized spacial score (nSPS) is 17.5. The number of fused-ring (bicyclic) bond motifs is 3. The van der Waals surface area contributed by atoms with Crippen molar-refractivity contribution in [2.24, 2.45) is 0 Å². The van der Waals surface area contributed by atoms with E-state index < -0.39 is 0 Å². The highest BCUT2D eigenvalue weighted by Crippen LogP contribution is 2.28. The van der Waals surface area contributed by atoms with Crippen LogP contribution >= 0.6 is 0 Å². The van der Waals surface area contributed by atoms with Crippen LogP contribution in [0.2, 0.25) is 0 Å². The number of halogens is 1. The van der Waals surface area contributed by atoms with Crippen molar-refractivity contribution in [3.05, 3.63) is 54.1 Å². The number of nitrogen functional groups attached to an aromatic ring is 1. The van der Waals surface area contributed by atoms with Crippen LogP contribution in [0.15, 0.2) is 42.5 Å². The Morgan fingerprint density at radius 3 is 2.68 bits per heavy atom. The summed E-state index contributed by atoms with van der Waals surface area (Å²) in [5.41, 5.74) is 8.55. The highest BCUT2D eigenvalue weighted by molar-refractivity contribution is 5.95. The van der Waals surface area contributed by atoms with Crippen molar-refractivity contribution in [1.29, 1.82) is 0 Å². The maximum atomic E-state index is 13.2. The molecule has 1 atom stereocenters. The van der Waals surface area contributed by atoms with Crippen LogP contribution in [0.4, 0.5) is 16.0 Å². The van der Waals surface area contributed by atoms with Crippen molar-refractivity contribution in [1.82, 2.24) is 24.5 Å². The molecular formula is C22H24FN7O. The number of anilines is 2. The van der Waals surface area contributed by atoms with Crippen LogP contribution in [0.5, 0.6) is 5.75 Å². The van der Waals surface area contributed by atoms with E-state index in [2.05, 4.69) is 26.8 Å². The van der Waals surface area contributed by atoms with Gasteiger partial charge in [0.05, 0.1) is 13.7 Å². The lowest BCUT2D eigenvalue weighted by Gasteiger charge is -2.40. The van der Waals surface area contributed by atoms with Gasteiger partial charge in [0, 0.05) is 36.7 Å². The number of piperazine rings is 1. The second-order valence-electron chi connectivity index (χ2n) is 7.83. The van der Waals surface area contributed by atoms with Crippen molar-refractivity contribution in [3.8, 4) is 5.75 Å². The first-order chi connectivity index (χ1) is 15.0. The summed E-state index contributed by atoms with van der Waals surface area (Å²) < 4.78 is 20.2. The van der Waals surface area contributed by atoms with Crippen LogP contribution in [0, 0.1) is 5.82 Å². The second kappa shape index (κ2) is 7.66. The topological polar surface area (TPSA) is 84.8 Å². The number of benzene rings is 2. The zero-order valence-electron chi connectivity index (χ0n) is 17.5. The molecule has 8 nitrogen and oxygen atoms in total. The number of hydrogen-bond donors (Lipinski definition) is 1. The molecule has 0 bridgehead atoms. The van der Waals surface area contributed by atoms with Gasteiger partial charge in [-0.05, 0) is 43.3 Å². The summed E-state index contributed by atoms with van der Waals surface area (Å²) in [5.74, 6) is 1.42. The predicted molar refractivity (Wildman–Crippen MR) is 118 cm³/mol. The number of para-hydroxylation sites is 1. The summed E-state index contributed by atoms with van der Waals surface area (Å²) in [6, 6.07) is 12.7. The van der Waals surface area contributed by atoms with Crippen LogP contribution in [-0.4, -0.2) is 57.3 Å². The zero-order valence-corrected chi connectivity index (χ0v) is 17.5. The van der Waals surface area contributed by atoms with Gasteiger partial charge in [0.1, 0.15) is 17.1 Å². The average molecular weight is 421 g/mol. The lowest BCUT2D eigenvalue weighted by molar-refractivity contribution is 0.177. The smallest absolute Gasteiger partial charge is 0.223 e. The van der Waals surface area contributed by atoms with Crippen LogP contribution < -0.4 is 15.4 Å². The molecule has 1 saturated heterocycles. The van der Waals surface area contributed by atoms with Crippen LogP contribution in [-0.2, 0) is 6.54 Å². The standard InChI is InChI=1S/C22H24FN7O/c1-14-12-29(16-8-6-15(23)7-9-16)11-10-28(14)13-19-25-21-17-4-3-5-18(31-2)20(17)26-22(24)30(21)27-19/h3-9,14H,10-13H2,1-2H3,(H2,24,26)/t14-/m1/s1. The lowest BCUT2D eigenvalue weighted by atomic mass is 10.1. The van der Waals surface area contributed by atoms with E-state index >= 15 is 0 Å². The maximum Gasteiger partial charge on any atom is 0.223 e. The van der Waals surface area contributed by atoms with Crippen LogP contribution in [0.1, 0.15) is 12.7 Å². The second-order valence-corrected chi connectivity index (χ2v) is 7.83. The van der Waals surface area contributed by atoms with Gasteiger partial charge >= 0.3 is 0 Å². The molecule has 5 rings (SSSR count). The largest absolute Gasteiger partial charge is 0.494 e. The van der Waals surface area contributed by atoms with Crippen LogP contribution in [0.3, 0.4) is 0 Å². The minimum atomic E-state index is -0.215. The van der Waals surface area contributed by atoms with E-state index in [0.29, 0.717) is 29.3 Å². The molecule has 1 aliphatic rings. The van der Waals surface area contributed by atoms with E-state index in [0.717, 1.165) is 30.7 Å². The first-order valence-corrected chi connectivity index (χ1v) is 10.3. The summed E-state index contributed by atoms with van der Waals surface area (Å²) in [5, 5.41) is 5.46. The number of ether oxygens (including phenoxy) is 1. The highest BCUT2D eigenvalue weighted by Gasteiger charge is 2.25. The summed E-state index contributed by atoms with van der Waals surface area (Å²) >= 11 is 0. The summed E-state index contributed by atoms with van der Waals surface area (Å²) in [4.78, 5) is 13.9. The third-order valence-electron chi connectivity index (χ3n) is 5.86. The Balaban J connectivity index is 1.39. The van der Waals surface area contributed by atoms with Gasteiger partial charge in [0.15, 0.2) is 11.5 Å². The Morgan fingerprint density at radius 1 is 1.13 bits per heavy atom. The van der Waals surface area contributed by atoms with E-state index in [1.165, 1.54) is 12.1 Å². The van der Waals surface area contributed by atoms with Gasteiger partial charge < -0.3 is 15.4 Å². The fraction of sp³-hybridized carbons (Fsp3) is 0.318. The molecule has 1 fully saturated rings. The average Bonchev–Trinajstić information content (AvgIpc) is 3.20. The van der Waals surface area contributed by atoms with Crippen molar-refractivity contribution in [2.75, 3.05) is 37.4 Å². The van der Waals surface area contributed by atoms with Gasteiger partial charge in [-0.1, -0.05) is 6.07 Å². The monoisotopic (exact) mass is 421 g/mol. The Hall–Kier alpha value is -3.46. The highest BCUT2D eigenvalue weighted by atomic mass is 19.1. The van der Waals surface area contributed by atoms with E-state index in [1.54, 1.807) is 11.6 Å². The molecule has 4 aromatic rings. The molecule has 3 heterocycles.